The highest BCUT2D eigenvalue weighted by atomic mass is 16.6. The molecule has 2 atom stereocenters. The van der Waals surface area contributed by atoms with Crippen LogP contribution in [0.5, 0.6) is 0 Å². The molecule has 1 amide bonds. The molecule has 1 saturated heterocycles. The number of hydrogen-bond acceptors (Lipinski definition) is 6. The van der Waals surface area contributed by atoms with Crippen LogP contribution in [0.25, 0.3) is 0 Å². The molecule has 22 heavy (non-hydrogen) atoms. The van der Waals surface area contributed by atoms with E-state index in [0.717, 1.165) is 6.42 Å². The quantitative estimate of drug-likeness (QED) is 0.503. The normalized spacial score (nSPS) is 18.5. The minimum absolute atomic E-state index is 0.0533. The van der Waals surface area contributed by atoms with Gasteiger partial charge < -0.3 is 14.8 Å². The first-order valence-electron chi connectivity index (χ1n) is 6.85. The molecule has 8 nitrogen and oxygen atoms in total. The summed E-state index contributed by atoms with van der Waals surface area (Å²) < 4.78 is 10.2. The average Bonchev–Trinajstić information content (AvgIpc) is 3.01. The second-order valence-electron chi connectivity index (χ2n) is 4.84. The topological polar surface area (TPSA) is 108 Å². The maximum Gasteiger partial charge on any atom is 0.336 e. The fourth-order valence-electron chi connectivity index (χ4n) is 2.04. The van der Waals surface area contributed by atoms with Crippen LogP contribution in [0.3, 0.4) is 0 Å². The Bertz CT molecular complexity index is 582. The molecule has 1 aromatic carbocycles. The Morgan fingerprint density at radius 3 is 2.82 bits per heavy atom. The molecule has 0 saturated carbocycles. The number of amides is 1. The number of hydrogen-bond donors (Lipinski definition) is 1. The smallest absolute Gasteiger partial charge is 0.336 e. The molecule has 0 aromatic heterocycles. The maximum atomic E-state index is 12.0. The van der Waals surface area contributed by atoms with Crippen molar-refractivity contribution in [2.24, 2.45) is 0 Å². The van der Waals surface area contributed by atoms with Gasteiger partial charge in [0.2, 0.25) is 0 Å². The second-order valence-corrected chi connectivity index (χ2v) is 4.84. The highest BCUT2D eigenvalue weighted by molar-refractivity contribution is 5.97. The van der Waals surface area contributed by atoms with Gasteiger partial charge in [0, 0.05) is 12.7 Å². The van der Waals surface area contributed by atoms with Crippen LogP contribution in [0.15, 0.2) is 24.3 Å². The summed E-state index contributed by atoms with van der Waals surface area (Å²) >= 11 is 0. The van der Waals surface area contributed by atoms with Crippen molar-refractivity contribution in [3.63, 3.8) is 0 Å². The van der Waals surface area contributed by atoms with Crippen LogP contribution in [0, 0.1) is 10.1 Å². The van der Waals surface area contributed by atoms with Crippen molar-refractivity contribution in [1.29, 1.82) is 0 Å². The Labute approximate surface area is 126 Å². The second kappa shape index (κ2) is 6.99. The number of anilines is 1. The molecule has 118 valence electrons. The van der Waals surface area contributed by atoms with Gasteiger partial charge in [-0.2, -0.15) is 0 Å². The molecule has 1 fully saturated rings. The van der Waals surface area contributed by atoms with Gasteiger partial charge in [0.15, 0.2) is 12.2 Å². The molecule has 0 unspecified atom stereocenters. The predicted molar refractivity (Wildman–Crippen MR) is 76.3 cm³/mol. The van der Waals surface area contributed by atoms with E-state index in [0.29, 0.717) is 13.0 Å². The van der Waals surface area contributed by atoms with Crippen molar-refractivity contribution in [3.05, 3.63) is 34.4 Å². The lowest BCUT2D eigenvalue weighted by Crippen LogP contribution is -2.34. The van der Waals surface area contributed by atoms with Crippen LogP contribution < -0.4 is 5.32 Å². The molecule has 1 heterocycles. The lowest BCUT2D eigenvalue weighted by atomic mass is 10.2. The molecule has 8 heteroatoms. The summed E-state index contributed by atoms with van der Waals surface area (Å²) in [7, 11) is 0. The molecular weight excluding hydrogens is 292 g/mol. The fraction of sp³-hybridized carbons (Fsp3) is 0.429. The zero-order valence-electron chi connectivity index (χ0n) is 12.0. The Morgan fingerprint density at radius 1 is 1.45 bits per heavy atom. The third-order valence-corrected chi connectivity index (χ3v) is 3.21. The third-order valence-electron chi connectivity index (χ3n) is 3.21. The van der Waals surface area contributed by atoms with Crippen LogP contribution in [0.4, 0.5) is 11.4 Å². The van der Waals surface area contributed by atoms with E-state index < -0.39 is 29.0 Å². The summed E-state index contributed by atoms with van der Waals surface area (Å²) in [6, 6.07) is 5.74. The van der Waals surface area contributed by atoms with E-state index >= 15 is 0 Å². The SMILES string of the molecule is C[C@@H](OC(=O)[C@H]1CCCO1)C(=O)Nc1ccccc1[N+](=O)[O-]. The van der Waals surface area contributed by atoms with Gasteiger partial charge in [-0.25, -0.2) is 4.79 Å². The predicted octanol–water partition coefficient (Wildman–Crippen LogP) is 1.64. The van der Waals surface area contributed by atoms with Gasteiger partial charge in [0.1, 0.15) is 5.69 Å². The monoisotopic (exact) mass is 308 g/mol. The molecule has 1 aromatic rings. The number of carbonyl (C=O) groups excluding carboxylic acids is 2. The maximum absolute atomic E-state index is 12.0. The Morgan fingerprint density at radius 2 is 2.18 bits per heavy atom. The Balaban J connectivity index is 1.96. The zero-order chi connectivity index (χ0) is 16.1. The molecule has 2 rings (SSSR count). The lowest BCUT2D eigenvalue weighted by Gasteiger charge is -2.15. The van der Waals surface area contributed by atoms with Crippen molar-refractivity contribution in [2.45, 2.75) is 32.0 Å². The first-order valence-corrected chi connectivity index (χ1v) is 6.85. The van der Waals surface area contributed by atoms with Gasteiger partial charge in [-0.05, 0) is 25.8 Å². The van der Waals surface area contributed by atoms with E-state index in [1.165, 1.54) is 25.1 Å². The first kappa shape index (κ1) is 15.9. The number of rotatable bonds is 5. The van der Waals surface area contributed by atoms with Crippen molar-refractivity contribution in [1.82, 2.24) is 0 Å². The number of para-hydroxylation sites is 2. The summed E-state index contributed by atoms with van der Waals surface area (Å²) in [5, 5.41) is 13.3. The molecule has 1 N–H and O–H groups in total. The van der Waals surface area contributed by atoms with Gasteiger partial charge in [-0.1, -0.05) is 12.1 Å². The largest absolute Gasteiger partial charge is 0.451 e. The van der Waals surface area contributed by atoms with Gasteiger partial charge in [0.05, 0.1) is 4.92 Å². The van der Waals surface area contributed by atoms with E-state index in [1.54, 1.807) is 6.07 Å². The van der Waals surface area contributed by atoms with E-state index in [1.807, 2.05) is 0 Å². The summed E-state index contributed by atoms with van der Waals surface area (Å²) in [5.41, 5.74) is -0.175. The van der Waals surface area contributed by atoms with E-state index in [4.69, 9.17) is 9.47 Å². The van der Waals surface area contributed by atoms with Crippen LogP contribution in [0.1, 0.15) is 19.8 Å². The third kappa shape index (κ3) is 3.79. The summed E-state index contributed by atoms with van der Waals surface area (Å²) in [6.07, 6.45) is -0.369. The number of nitrogens with one attached hydrogen (secondary N) is 1. The number of esters is 1. The number of nitrogens with zero attached hydrogens (tertiary/aromatic N) is 1. The van der Waals surface area contributed by atoms with E-state index in [-0.39, 0.29) is 11.4 Å². The average molecular weight is 308 g/mol. The van der Waals surface area contributed by atoms with Crippen molar-refractivity contribution < 1.29 is 24.0 Å². The Kier molecular flexibility index (Phi) is 5.05. The Hall–Kier alpha value is -2.48. The number of carbonyl (C=O) groups is 2. The standard InChI is InChI=1S/C14H16N2O6/c1-9(22-14(18)12-7-4-8-21-12)13(17)15-10-5-2-3-6-11(10)16(19)20/h2-3,5-6,9,12H,4,7-8H2,1H3,(H,15,17)/t9-,12-/m1/s1. The number of ether oxygens (including phenoxy) is 2. The minimum Gasteiger partial charge on any atom is -0.451 e. The van der Waals surface area contributed by atoms with Crippen LogP contribution in [0.2, 0.25) is 0 Å². The fourth-order valence-corrected chi connectivity index (χ4v) is 2.04. The van der Waals surface area contributed by atoms with Crippen molar-refractivity contribution >= 4 is 23.3 Å². The molecule has 0 spiro atoms. The minimum atomic E-state index is -1.07. The number of nitro groups is 1. The molecule has 1 aliphatic heterocycles. The molecule has 0 radical (unpaired) electrons. The molecule has 0 bridgehead atoms. The van der Waals surface area contributed by atoms with Gasteiger partial charge >= 0.3 is 5.97 Å². The summed E-state index contributed by atoms with van der Waals surface area (Å²) in [6.45, 7) is 1.90. The van der Waals surface area contributed by atoms with Gasteiger partial charge in [-0.3, -0.25) is 14.9 Å². The number of nitro benzene ring substituents is 1. The van der Waals surface area contributed by atoms with Crippen molar-refractivity contribution in [3.8, 4) is 0 Å². The van der Waals surface area contributed by atoms with Crippen LogP contribution in [-0.4, -0.2) is 35.6 Å². The summed E-state index contributed by atoms with van der Waals surface area (Å²) in [5.74, 6) is -1.23. The van der Waals surface area contributed by atoms with E-state index in [9.17, 15) is 19.7 Å². The molecular formula is C14H16N2O6. The lowest BCUT2D eigenvalue weighted by molar-refractivity contribution is -0.383. The summed E-state index contributed by atoms with van der Waals surface area (Å²) in [4.78, 5) is 34.0. The highest BCUT2D eigenvalue weighted by Gasteiger charge is 2.29. The number of benzene rings is 1. The first-order chi connectivity index (χ1) is 10.5. The molecule has 0 aliphatic carbocycles. The van der Waals surface area contributed by atoms with Crippen molar-refractivity contribution in [2.75, 3.05) is 11.9 Å². The zero-order valence-corrected chi connectivity index (χ0v) is 12.0. The van der Waals surface area contributed by atoms with Gasteiger partial charge in [0.25, 0.3) is 11.6 Å². The van der Waals surface area contributed by atoms with Gasteiger partial charge in [-0.15, -0.1) is 0 Å². The van der Waals surface area contributed by atoms with Crippen LogP contribution >= 0.6 is 0 Å². The van der Waals surface area contributed by atoms with E-state index in [2.05, 4.69) is 5.32 Å². The van der Waals surface area contributed by atoms with Crippen LogP contribution in [-0.2, 0) is 19.1 Å². The molecule has 1 aliphatic rings. The highest BCUT2D eigenvalue weighted by Crippen LogP contribution is 2.23.